The fourth-order valence-corrected chi connectivity index (χ4v) is 2.72. The number of hydrogen-bond acceptors (Lipinski definition) is 5. The molecule has 0 bridgehead atoms. The largest absolute Gasteiger partial charge is 0.488 e. The second kappa shape index (κ2) is 6.24. The van der Waals surface area contributed by atoms with Crippen LogP contribution in [0.3, 0.4) is 0 Å². The quantitative estimate of drug-likeness (QED) is 0.943. The van der Waals surface area contributed by atoms with E-state index in [0.717, 1.165) is 23.7 Å². The summed E-state index contributed by atoms with van der Waals surface area (Å²) in [5.74, 6) is 0.590. The molecule has 0 aliphatic carbocycles. The number of amides is 1. The number of hydrogen-bond donors (Lipinski definition) is 1. The fourth-order valence-electron chi connectivity index (χ4n) is 2.06. The molecule has 6 heteroatoms. The Balaban J connectivity index is 1.61. The lowest BCUT2D eigenvalue weighted by molar-refractivity contribution is 0.102. The number of ether oxygens (including phenoxy) is 2. The molecule has 3 rings (SSSR count). The maximum atomic E-state index is 12.1. The van der Waals surface area contributed by atoms with Gasteiger partial charge in [0.2, 0.25) is 0 Å². The highest BCUT2D eigenvalue weighted by atomic mass is 32.1. The standard InChI is InChI=1S/C15H16N2O3S/c1-10-8-16-15(21-10)17-14(18)11-2-4-12(5-3-11)20-13-6-7-19-9-13/h2-5,8,13H,6-7,9H2,1H3,(H,16,17,18). The number of carbonyl (C=O) groups excluding carboxylic acids is 1. The topological polar surface area (TPSA) is 60.5 Å². The van der Waals surface area contributed by atoms with Crippen molar-refractivity contribution in [1.29, 1.82) is 0 Å². The van der Waals surface area contributed by atoms with Gasteiger partial charge >= 0.3 is 0 Å². The normalized spacial score (nSPS) is 17.7. The maximum absolute atomic E-state index is 12.1. The third kappa shape index (κ3) is 3.59. The molecular formula is C15H16N2O3S. The summed E-state index contributed by atoms with van der Waals surface area (Å²) < 4.78 is 11.0. The molecule has 0 radical (unpaired) electrons. The van der Waals surface area contributed by atoms with Gasteiger partial charge in [0.25, 0.3) is 5.91 Å². The average Bonchev–Trinajstić information content (AvgIpc) is 3.12. The van der Waals surface area contributed by atoms with Gasteiger partial charge in [0.1, 0.15) is 11.9 Å². The van der Waals surface area contributed by atoms with Crippen molar-refractivity contribution < 1.29 is 14.3 Å². The number of nitrogens with zero attached hydrogens (tertiary/aromatic N) is 1. The van der Waals surface area contributed by atoms with Crippen molar-refractivity contribution in [1.82, 2.24) is 4.98 Å². The van der Waals surface area contributed by atoms with E-state index in [9.17, 15) is 4.79 Å². The van der Waals surface area contributed by atoms with Crippen molar-refractivity contribution in [2.75, 3.05) is 18.5 Å². The molecule has 2 aromatic rings. The van der Waals surface area contributed by atoms with Crippen LogP contribution in [0.25, 0.3) is 0 Å². The minimum absolute atomic E-state index is 0.114. The second-order valence-corrected chi connectivity index (χ2v) is 6.09. The predicted molar refractivity (Wildman–Crippen MR) is 81.1 cm³/mol. The first-order valence-corrected chi connectivity index (χ1v) is 7.60. The van der Waals surface area contributed by atoms with E-state index in [1.54, 1.807) is 30.5 Å². The summed E-state index contributed by atoms with van der Waals surface area (Å²) in [6.45, 7) is 3.33. The molecule has 0 spiro atoms. The molecule has 1 saturated heterocycles. The van der Waals surface area contributed by atoms with Gasteiger partial charge in [0.05, 0.1) is 13.2 Å². The van der Waals surface area contributed by atoms with Crippen LogP contribution in [0.4, 0.5) is 5.13 Å². The summed E-state index contributed by atoms with van der Waals surface area (Å²) in [7, 11) is 0. The van der Waals surface area contributed by atoms with Crippen LogP contribution in [0.5, 0.6) is 5.75 Å². The first-order chi connectivity index (χ1) is 10.2. The molecule has 1 N–H and O–H groups in total. The van der Waals surface area contributed by atoms with Gasteiger partial charge in [-0.3, -0.25) is 10.1 Å². The first-order valence-electron chi connectivity index (χ1n) is 6.79. The molecule has 2 heterocycles. The number of thiazole rings is 1. The van der Waals surface area contributed by atoms with Gasteiger partial charge in [-0.2, -0.15) is 0 Å². The van der Waals surface area contributed by atoms with Gasteiger partial charge in [0, 0.05) is 23.1 Å². The highest BCUT2D eigenvalue weighted by Crippen LogP contribution is 2.20. The molecule has 1 aromatic carbocycles. The minimum Gasteiger partial charge on any atom is -0.488 e. The van der Waals surface area contributed by atoms with Gasteiger partial charge in [-0.05, 0) is 31.2 Å². The lowest BCUT2D eigenvalue weighted by atomic mass is 10.2. The van der Waals surface area contributed by atoms with Crippen LogP contribution in [-0.2, 0) is 4.74 Å². The van der Waals surface area contributed by atoms with Crippen LogP contribution < -0.4 is 10.1 Å². The third-order valence-corrected chi connectivity index (χ3v) is 3.98. The molecule has 1 atom stereocenters. The number of anilines is 1. The molecule has 5 nitrogen and oxygen atoms in total. The second-order valence-electron chi connectivity index (χ2n) is 4.86. The Morgan fingerprint density at radius 2 is 2.24 bits per heavy atom. The molecule has 1 aliphatic rings. The summed E-state index contributed by atoms with van der Waals surface area (Å²) in [6.07, 6.45) is 2.76. The summed E-state index contributed by atoms with van der Waals surface area (Å²) in [5.41, 5.74) is 0.581. The van der Waals surface area contributed by atoms with E-state index in [1.165, 1.54) is 11.3 Å². The summed E-state index contributed by atoms with van der Waals surface area (Å²) in [5, 5.41) is 3.39. The molecule has 21 heavy (non-hydrogen) atoms. The van der Waals surface area contributed by atoms with Crippen molar-refractivity contribution in [2.45, 2.75) is 19.4 Å². The van der Waals surface area contributed by atoms with Gasteiger partial charge in [-0.15, -0.1) is 11.3 Å². The van der Waals surface area contributed by atoms with Crippen LogP contribution in [0.15, 0.2) is 30.5 Å². The van der Waals surface area contributed by atoms with Crippen LogP contribution >= 0.6 is 11.3 Å². The minimum atomic E-state index is -0.167. The number of aromatic nitrogens is 1. The summed E-state index contributed by atoms with van der Waals surface area (Å²) in [6, 6.07) is 7.11. The molecule has 110 valence electrons. The highest BCUT2D eigenvalue weighted by molar-refractivity contribution is 7.15. The van der Waals surface area contributed by atoms with Gasteiger partial charge in [-0.1, -0.05) is 0 Å². The van der Waals surface area contributed by atoms with E-state index in [4.69, 9.17) is 9.47 Å². The third-order valence-electron chi connectivity index (χ3n) is 3.15. The molecule has 0 saturated carbocycles. The number of aryl methyl sites for hydroxylation is 1. The maximum Gasteiger partial charge on any atom is 0.257 e. The zero-order chi connectivity index (χ0) is 14.7. The Labute approximate surface area is 126 Å². The fraction of sp³-hybridized carbons (Fsp3) is 0.333. The van der Waals surface area contributed by atoms with Crippen molar-refractivity contribution in [3.63, 3.8) is 0 Å². The van der Waals surface area contributed by atoms with E-state index < -0.39 is 0 Å². The van der Waals surface area contributed by atoms with E-state index in [1.807, 2.05) is 6.92 Å². The lowest BCUT2D eigenvalue weighted by Crippen LogP contribution is -2.16. The van der Waals surface area contributed by atoms with E-state index >= 15 is 0 Å². The van der Waals surface area contributed by atoms with Crippen LogP contribution in [0.2, 0.25) is 0 Å². The molecule has 1 fully saturated rings. The Morgan fingerprint density at radius 3 is 2.86 bits per heavy atom. The Morgan fingerprint density at radius 1 is 1.43 bits per heavy atom. The van der Waals surface area contributed by atoms with Gasteiger partial charge in [-0.25, -0.2) is 4.98 Å². The van der Waals surface area contributed by atoms with E-state index in [2.05, 4.69) is 10.3 Å². The Hall–Kier alpha value is -1.92. The van der Waals surface area contributed by atoms with Crippen molar-refractivity contribution in [2.24, 2.45) is 0 Å². The van der Waals surface area contributed by atoms with E-state index in [-0.39, 0.29) is 12.0 Å². The van der Waals surface area contributed by atoms with Crippen LogP contribution in [-0.4, -0.2) is 30.2 Å². The van der Waals surface area contributed by atoms with Crippen LogP contribution in [0.1, 0.15) is 21.7 Å². The van der Waals surface area contributed by atoms with Crippen molar-refractivity contribution in [3.8, 4) is 5.75 Å². The molecule has 1 aliphatic heterocycles. The smallest absolute Gasteiger partial charge is 0.257 e. The SMILES string of the molecule is Cc1cnc(NC(=O)c2ccc(OC3CCOC3)cc2)s1. The number of rotatable bonds is 4. The first kappa shape index (κ1) is 14.0. The highest BCUT2D eigenvalue weighted by Gasteiger charge is 2.17. The van der Waals surface area contributed by atoms with E-state index in [0.29, 0.717) is 17.3 Å². The lowest BCUT2D eigenvalue weighted by Gasteiger charge is -2.11. The Kier molecular flexibility index (Phi) is 4.17. The van der Waals surface area contributed by atoms with Crippen molar-refractivity contribution >= 4 is 22.4 Å². The molecule has 1 aromatic heterocycles. The number of nitrogens with one attached hydrogen (secondary N) is 1. The predicted octanol–water partition coefficient (Wildman–Crippen LogP) is 2.87. The van der Waals surface area contributed by atoms with Gasteiger partial charge in [0.15, 0.2) is 5.13 Å². The summed E-state index contributed by atoms with van der Waals surface area (Å²) in [4.78, 5) is 17.3. The van der Waals surface area contributed by atoms with Crippen molar-refractivity contribution in [3.05, 3.63) is 40.9 Å². The number of carbonyl (C=O) groups is 1. The monoisotopic (exact) mass is 304 g/mol. The average molecular weight is 304 g/mol. The molecular weight excluding hydrogens is 288 g/mol. The zero-order valence-electron chi connectivity index (χ0n) is 11.7. The number of benzene rings is 1. The molecule has 1 unspecified atom stereocenters. The molecule has 1 amide bonds. The summed E-state index contributed by atoms with van der Waals surface area (Å²) >= 11 is 1.45. The van der Waals surface area contributed by atoms with Crippen LogP contribution in [0, 0.1) is 6.92 Å². The zero-order valence-corrected chi connectivity index (χ0v) is 12.5. The van der Waals surface area contributed by atoms with Gasteiger partial charge < -0.3 is 9.47 Å². The Bertz CT molecular complexity index is 618.